The predicted molar refractivity (Wildman–Crippen MR) is 62.6 cm³/mol. The normalized spacial score (nSPS) is 33.8. The second kappa shape index (κ2) is 4.92. The number of thioether (sulfide) groups is 1. The third-order valence-corrected chi connectivity index (χ3v) is 4.61. The van der Waals surface area contributed by atoms with Crippen molar-refractivity contribution >= 4 is 17.7 Å². The molecule has 16 heavy (non-hydrogen) atoms. The highest BCUT2D eigenvalue weighted by Crippen LogP contribution is 2.30. The maximum absolute atomic E-state index is 14.1. The minimum atomic E-state index is -2.01. The Morgan fingerprint density at radius 2 is 2.12 bits per heavy atom. The average Bonchev–Trinajstić information content (AvgIpc) is 2.30. The van der Waals surface area contributed by atoms with Gasteiger partial charge in [-0.1, -0.05) is 0 Å². The number of halogens is 1. The lowest BCUT2D eigenvalue weighted by molar-refractivity contribution is -0.155. The lowest BCUT2D eigenvalue weighted by Gasteiger charge is -2.40. The van der Waals surface area contributed by atoms with Gasteiger partial charge >= 0.3 is 5.97 Å². The molecule has 0 spiro atoms. The van der Waals surface area contributed by atoms with Crippen LogP contribution in [0.1, 0.15) is 25.7 Å². The highest BCUT2D eigenvalue weighted by atomic mass is 32.2. The lowest BCUT2D eigenvalue weighted by atomic mass is 9.93. The third-order valence-electron chi connectivity index (χ3n) is 3.56. The van der Waals surface area contributed by atoms with E-state index in [-0.39, 0.29) is 13.0 Å². The Labute approximate surface area is 99.4 Å². The number of nitrogens with zero attached hydrogens (tertiary/aromatic N) is 1. The van der Waals surface area contributed by atoms with Crippen LogP contribution in [-0.4, -0.2) is 52.3 Å². The fourth-order valence-electron chi connectivity index (χ4n) is 2.58. The SMILES string of the molecule is O=C(O)C1(F)CCCN(C2CCSCC2)C1. The Kier molecular flexibility index (Phi) is 3.74. The van der Waals surface area contributed by atoms with E-state index in [1.165, 1.54) is 0 Å². The standard InChI is InChI=1S/C11H18FNO2S/c12-11(10(14)15)4-1-5-13(8-11)9-2-6-16-7-3-9/h9H,1-8H2,(H,14,15). The average molecular weight is 247 g/mol. The van der Waals surface area contributed by atoms with Crippen LogP contribution >= 0.6 is 11.8 Å². The molecule has 2 fully saturated rings. The fourth-order valence-corrected chi connectivity index (χ4v) is 3.66. The van der Waals surface area contributed by atoms with Gasteiger partial charge in [0.05, 0.1) is 0 Å². The summed E-state index contributed by atoms with van der Waals surface area (Å²) in [5, 5.41) is 8.91. The molecule has 0 amide bonds. The molecule has 2 rings (SSSR count). The summed E-state index contributed by atoms with van der Waals surface area (Å²) >= 11 is 1.93. The van der Waals surface area contributed by atoms with Crippen molar-refractivity contribution < 1.29 is 14.3 Å². The maximum atomic E-state index is 14.1. The Bertz CT molecular complexity index is 271. The van der Waals surface area contributed by atoms with Gasteiger partial charge in [0.2, 0.25) is 5.67 Å². The lowest BCUT2D eigenvalue weighted by Crippen LogP contribution is -2.53. The molecule has 0 aromatic heterocycles. The van der Waals surface area contributed by atoms with E-state index in [9.17, 15) is 9.18 Å². The van der Waals surface area contributed by atoms with Gasteiger partial charge in [0, 0.05) is 12.6 Å². The molecule has 0 saturated carbocycles. The zero-order chi connectivity index (χ0) is 11.6. The molecular formula is C11H18FNO2S. The van der Waals surface area contributed by atoms with Crippen molar-refractivity contribution in [2.24, 2.45) is 0 Å². The highest BCUT2D eigenvalue weighted by molar-refractivity contribution is 7.99. The largest absolute Gasteiger partial charge is 0.479 e. The van der Waals surface area contributed by atoms with Gasteiger partial charge in [-0.25, -0.2) is 9.18 Å². The number of piperidine rings is 1. The first kappa shape index (κ1) is 12.2. The first-order valence-electron chi connectivity index (χ1n) is 5.86. The molecule has 92 valence electrons. The van der Waals surface area contributed by atoms with Crippen molar-refractivity contribution in [3.05, 3.63) is 0 Å². The van der Waals surface area contributed by atoms with Crippen molar-refractivity contribution in [2.45, 2.75) is 37.4 Å². The van der Waals surface area contributed by atoms with Crippen molar-refractivity contribution in [3.63, 3.8) is 0 Å². The number of carbonyl (C=O) groups is 1. The summed E-state index contributed by atoms with van der Waals surface area (Å²) in [6.45, 7) is 0.936. The second-order valence-electron chi connectivity index (χ2n) is 4.69. The first-order chi connectivity index (χ1) is 7.62. The van der Waals surface area contributed by atoms with E-state index >= 15 is 0 Å². The summed E-state index contributed by atoms with van der Waals surface area (Å²) in [5.74, 6) is 0.948. The van der Waals surface area contributed by atoms with E-state index in [4.69, 9.17) is 5.11 Å². The predicted octanol–water partition coefficient (Wildman–Crippen LogP) is 1.77. The smallest absolute Gasteiger partial charge is 0.342 e. The molecule has 3 nitrogen and oxygen atoms in total. The van der Waals surface area contributed by atoms with Gasteiger partial charge in [-0.2, -0.15) is 11.8 Å². The van der Waals surface area contributed by atoms with Crippen molar-refractivity contribution in [1.29, 1.82) is 0 Å². The molecule has 2 aliphatic heterocycles. The van der Waals surface area contributed by atoms with Gasteiger partial charge in [0.25, 0.3) is 0 Å². The molecule has 0 aliphatic carbocycles. The molecule has 1 unspecified atom stereocenters. The van der Waals surface area contributed by atoms with Crippen LogP contribution in [-0.2, 0) is 4.79 Å². The summed E-state index contributed by atoms with van der Waals surface area (Å²) in [6, 6.07) is 0.399. The molecule has 5 heteroatoms. The van der Waals surface area contributed by atoms with Gasteiger partial charge in [0.15, 0.2) is 0 Å². The van der Waals surface area contributed by atoms with Gasteiger partial charge in [0.1, 0.15) is 0 Å². The number of likely N-dealkylation sites (tertiary alicyclic amines) is 1. The van der Waals surface area contributed by atoms with Gasteiger partial charge < -0.3 is 5.11 Å². The maximum Gasteiger partial charge on any atom is 0.342 e. The van der Waals surface area contributed by atoms with E-state index in [0.29, 0.717) is 12.5 Å². The second-order valence-corrected chi connectivity index (χ2v) is 5.91. The molecule has 2 heterocycles. The minimum Gasteiger partial charge on any atom is -0.479 e. The van der Waals surface area contributed by atoms with Crippen LogP contribution in [0.4, 0.5) is 4.39 Å². The number of carboxylic acid groups (broad SMARTS) is 1. The molecule has 0 aromatic carbocycles. The van der Waals surface area contributed by atoms with E-state index in [2.05, 4.69) is 4.90 Å². The van der Waals surface area contributed by atoms with E-state index in [1.807, 2.05) is 11.8 Å². The summed E-state index contributed by atoms with van der Waals surface area (Å²) in [6.07, 6.45) is 2.97. The Morgan fingerprint density at radius 3 is 2.75 bits per heavy atom. The van der Waals surface area contributed by atoms with E-state index < -0.39 is 11.6 Å². The van der Waals surface area contributed by atoms with Gasteiger partial charge in [-0.3, -0.25) is 4.90 Å². The molecule has 0 bridgehead atoms. The van der Waals surface area contributed by atoms with Crippen molar-refractivity contribution in [3.8, 4) is 0 Å². The molecular weight excluding hydrogens is 229 g/mol. The molecule has 1 atom stereocenters. The molecule has 0 aromatic rings. The van der Waals surface area contributed by atoms with Crippen LogP contribution in [0, 0.1) is 0 Å². The zero-order valence-electron chi connectivity index (χ0n) is 9.32. The van der Waals surface area contributed by atoms with Crippen LogP contribution in [0.15, 0.2) is 0 Å². The summed E-state index contributed by atoms with van der Waals surface area (Å²) in [7, 11) is 0. The zero-order valence-corrected chi connectivity index (χ0v) is 10.1. The molecule has 2 aliphatic rings. The summed E-state index contributed by atoms with van der Waals surface area (Å²) in [4.78, 5) is 13.0. The van der Waals surface area contributed by atoms with Crippen LogP contribution in [0.2, 0.25) is 0 Å². The first-order valence-corrected chi connectivity index (χ1v) is 7.01. The Hall–Kier alpha value is -0.290. The van der Waals surface area contributed by atoms with Crippen LogP contribution in [0.25, 0.3) is 0 Å². The number of alkyl halides is 1. The van der Waals surface area contributed by atoms with Crippen LogP contribution in [0.5, 0.6) is 0 Å². The number of hydrogen-bond acceptors (Lipinski definition) is 3. The van der Waals surface area contributed by atoms with Crippen molar-refractivity contribution in [1.82, 2.24) is 4.90 Å². The molecule has 0 radical (unpaired) electrons. The highest BCUT2D eigenvalue weighted by Gasteiger charge is 2.44. The number of carboxylic acids is 1. The monoisotopic (exact) mass is 247 g/mol. The molecule has 1 N–H and O–H groups in total. The summed E-state index contributed by atoms with van der Waals surface area (Å²) < 4.78 is 14.1. The van der Waals surface area contributed by atoms with E-state index in [0.717, 1.165) is 30.9 Å². The Balaban J connectivity index is 1.98. The van der Waals surface area contributed by atoms with Gasteiger partial charge in [-0.15, -0.1) is 0 Å². The van der Waals surface area contributed by atoms with Crippen molar-refractivity contribution in [2.75, 3.05) is 24.6 Å². The van der Waals surface area contributed by atoms with Gasteiger partial charge in [-0.05, 0) is 43.7 Å². The third kappa shape index (κ3) is 2.51. The number of rotatable bonds is 2. The topological polar surface area (TPSA) is 40.5 Å². The minimum absolute atomic E-state index is 0.0810. The Morgan fingerprint density at radius 1 is 1.44 bits per heavy atom. The number of aliphatic carboxylic acids is 1. The quantitative estimate of drug-likeness (QED) is 0.807. The van der Waals surface area contributed by atoms with Crippen LogP contribution < -0.4 is 0 Å². The number of hydrogen-bond donors (Lipinski definition) is 1. The summed E-state index contributed by atoms with van der Waals surface area (Å²) in [5.41, 5.74) is -2.01. The van der Waals surface area contributed by atoms with E-state index in [1.54, 1.807) is 0 Å². The molecule has 2 saturated heterocycles. The fraction of sp³-hybridized carbons (Fsp3) is 0.909. The van der Waals surface area contributed by atoms with Crippen LogP contribution in [0.3, 0.4) is 0 Å².